The second-order valence-corrected chi connectivity index (χ2v) is 10.3. The molecule has 2 aromatic rings. The fourth-order valence-corrected chi connectivity index (χ4v) is 5.94. The van der Waals surface area contributed by atoms with E-state index in [-0.39, 0.29) is 11.7 Å². The van der Waals surface area contributed by atoms with Gasteiger partial charge in [-0.3, -0.25) is 9.10 Å². The summed E-state index contributed by atoms with van der Waals surface area (Å²) in [4.78, 5) is 21.7. The smallest absolute Gasteiger partial charge is 0.253 e. The zero-order valence-electron chi connectivity index (χ0n) is 18.2. The molecule has 0 spiro atoms. The van der Waals surface area contributed by atoms with E-state index in [1.165, 1.54) is 15.4 Å². The summed E-state index contributed by atoms with van der Waals surface area (Å²) in [5.74, 6) is 1.17. The van der Waals surface area contributed by atoms with Crippen LogP contribution >= 0.6 is 0 Å². The Morgan fingerprint density at radius 1 is 1.03 bits per heavy atom. The summed E-state index contributed by atoms with van der Waals surface area (Å²) < 4.78 is 26.1. The number of benzene rings is 1. The minimum atomic E-state index is -3.24. The van der Waals surface area contributed by atoms with Crippen LogP contribution in [0.1, 0.15) is 41.3 Å². The number of piperazine rings is 1. The molecule has 166 valence electrons. The van der Waals surface area contributed by atoms with Crippen molar-refractivity contribution in [3.8, 4) is 0 Å². The number of nitrogens with zero attached hydrogens (tertiary/aromatic N) is 4. The van der Waals surface area contributed by atoms with Gasteiger partial charge in [-0.25, -0.2) is 13.4 Å². The Hall–Kier alpha value is -2.61. The number of carbonyl (C=O) groups is 1. The van der Waals surface area contributed by atoms with Gasteiger partial charge in [0.1, 0.15) is 5.82 Å². The lowest BCUT2D eigenvalue weighted by Gasteiger charge is -2.36. The van der Waals surface area contributed by atoms with Crippen molar-refractivity contribution in [3.63, 3.8) is 0 Å². The summed E-state index contributed by atoms with van der Waals surface area (Å²) in [5.41, 5.74) is 3.63. The van der Waals surface area contributed by atoms with Gasteiger partial charge in [0.05, 0.1) is 11.4 Å². The highest BCUT2D eigenvalue weighted by molar-refractivity contribution is 7.92. The zero-order valence-corrected chi connectivity index (χ0v) is 19.1. The van der Waals surface area contributed by atoms with Gasteiger partial charge in [0.2, 0.25) is 10.0 Å². The summed E-state index contributed by atoms with van der Waals surface area (Å²) in [5, 5.41) is 0. The van der Waals surface area contributed by atoms with E-state index < -0.39 is 10.0 Å². The minimum absolute atomic E-state index is 0.0151. The van der Waals surface area contributed by atoms with Gasteiger partial charge in [-0.15, -0.1) is 0 Å². The molecule has 2 fully saturated rings. The molecule has 0 atom stereocenters. The number of aromatic nitrogens is 1. The maximum atomic E-state index is 13.0. The van der Waals surface area contributed by atoms with E-state index in [0.717, 1.165) is 31.7 Å². The van der Waals surface area contributed by atoms with E-state index in [1.807, 2.05) is 11.1 Å². The van der Waals surface area contributed by atoms with Crippen molar-refractivity contribution in [3.05, 3.63) is 53.2 Å². The van der Waals surface area contributed by atoms with E-state index in [4.69, 9.17) is 0 Å². The van der Waals surface area contributed by atoms with Crippen molar-refractivity contribution in [2.75, 3.05) is 47.7 Å². The molecule has 3 heterocycles. The van der Waals surface area contributed by atoms with Gasteiger partial charge in [0.25, 0.3) is 5.91 Å². The number of aryl methyl sites for hydroxylation is 2. The van der Waals surface area contributed by atoms with Crippen molar-refractivity contribution < 1.29 is 13.2 Å². The Morgan fingerprint density at radius 2 is 1.74 bits per heavy atom. The number of pyridine rings is 1. The third-order valence-electron chi connectivity index (χ3n) is 6.13. The van der Waals surface area contributed by atoms with Crippen LogP contribution in [0.5, 0.6) is 0 Å². The Balaban J connectivity index is 1.40. The molecular formula is C23H30N4O3S. The number of carbonyl (C=O) groups excluding carboxylic acids is 1. The van der Waals surface area contributed by atoms with Crippen LogP contribution in [0.3, 0.4) is 0 Å². The SMILES string of the molecule is CCc1cnc(N2CCN(C(=O)c3ccc(N4CCCCS4(=O)=O)cc3)CC2)c(C)c1. The van der Waals surface area contributed by atoms with Crippen LogP contribution in [0, 0.1) is 6.92 Å². The van der Waals surface area contributed by atoms with Crippen molar-refractivity contribution in [2.24, 2.45) is 0 Å². The van der Waals surface area contributed by atoms with Gasteiger partial charge in [0.15, 0.2) is 0 Å². The topological polar surface area (TPSA) is 73.8 Å². The monoisotopic (exact) mass is 442 g/mol. The maximum Gasteiger partial charge on any atom is 0.253 e. The highest BCUT2D eigenvalue weighted by Crippen LogP contribution is 2.25. The molecular weight excluding hydrogens is 412 g/mol. The van der Waals surface area contributed by atoms with E-state index >= 15 is 0 Å². The first-order valence-corrected chi connectivity index (χ1v) is 12.6. The van der Waals surface area contributed by atoms with E-state index in [0.29, 0.717) is 37.3 Å². The minimum Gasteiger partial charge on any atom is -0.353 e. The first-order chi connectivity index (χ1) is 14.9. The van der Waals surface area contributed by atoms with E-state index in [1.54, 1.807) is 24.3 Å². The van der Waals surface area contributed by atoms with E-state index in [2.05, 4.69) is 29.8 Å². The van der Waals surface area contributed by atoms with Crippen LogP contribution < -0.4 is 9.21 Å². The highest BCUT2D eigenvalue weighted by atomic mass is 32.2. The second kappa shape index (κ2) is 8.86. The van der Waals surface area contributed by atoms with Crippen molar-refractivity contribution in [1.82, 2.24) is 9.88 Å². The Bertz CT molecular complexity index is 1040. The fourth-order valence-electron chi connectivity index (χ4n) is 4.30. The first kappa shape index (κ1) is 21.6. The molecule has 0 aliphatic carbocycles. The summed E-state index contributed by atoms with van der Waals surface area (Å²) in [6, 6.07) is 9.15. The standard InChI is InChI=1S/C23H30N4O3S/c1-3-19-16-18(2)22(24-17-19)25-11-13-26(14-12-25)23(28)20-6-8-21(9-7-20)27-10-4-5-15-31(27,29)30/h6-9,16-17H,3-5,10-15H2,1-2H3. The Kier molecular flexibility index (Phi) is 6.18. The molecule has 8 heteroatoms. The second-order valence-electron chi connectivity index (χ2n) is 8.26. The fraction of sp³-hybridized carbons (Fsp3) is 0.478. The van der Waals surface area contributed by atoms with E-state index in [9.17, 15) is 13.2 Å². The van der Waals surface area contributed by atoms with Gasteiger partial charge in [-0.05, 0) is 61.6 Å². The molecule has 2 aliphatic rings. The summed E-state index contributed by atoms with van der Waals surface area (Å²) in [6.45, 7) is 7.48. The van der Waals surface area contributed by atoms with Gasteiger partial charge in [-0.2, -0.15) is 0 Å². The average molecular weight is 443 g/mol. The summed E-state index contributed by atoms with van der Waals surface area (Å²) in [6.07, 6.45) is 4.47. The van der Waals surface area contributed by atoms with Crippen molar-refractivity contribution >= 4 is 27.4 Å². The molecule has 1 aromatic heterocycles. The lowest BCUT2D eigenvalue weighted by atomic mass is 10.1. The molecule has 4 rings (SSSR count). The number of hydrogen-bond acceptors (Lipinski definition) is 5. The molecule has 0 N–H and O–H groups in total. The van der Waals surface area contributed by atoms with Gasteiger partial charge in [0, 0.05) is 44.5 Å². The van der Waals surface area contributed by atoms with Gasteiger partial charge >= 0.3 is 0 Å². The lowest BCUT2D eigenvalue weighted by molar-refractivity contribution is 0.0746. The Morgan fingerprint density at radius 3 is 2.35 bits per heavy atom. The molecule has 0 radical (unpaired) electrons. The molecule has 0 saturated carbocycles. The molecule has 2 aliphatic heterocycles. The molecule has 1 aromatic carbocycles. The van der Waals surface area contributed by atoms with Crippen LogP contribution in [0.2, 0.25) is 0 Å². The summed E-state index contributed by atoms with van der Waals surface area (Å²) in [7, 11) is -3.24. The Labute approximate surface area is 184 Å². The quantitative estimate of drug-likeness (QED) is 0.728. The lowest BCUT2D eigenvalue weighted by Crippen LogP contribution is -2.49. The molecule has 2 saturated heterocycles. The average Bonchev–Trinajstić information content (AvgIpc) is 2.78. The van der Waals surface area contributed by atoms with Crippen LogP contribution in [0.4, 0.5) is 11.5 Å². The number of sulfonamides is 1. The maximum absolute atomic E-state index is 13.0. The largest absolute Gasteiger partial charge is 0.353 e. The molecule has 0 bridgehead atoms. The number of hydrogen-bond donors (Lipinski definition) is 0. The van der Waals surface area contributed by atoms with Crippen LogP contribution in [0.15, 0.2) is 36.5 Å². The first-order valence-electron chi connectivity index (χ1n) is 11.0. The van der Waals surface area contributed by atoms with Crippen molar-refractivity contribution in [2.45, 2.75) is 33.1 Å². The van der Waals surface area contributed by atoms with Gasteiger partial charge in [-0.1, -0.05) is 13.0 Å². The number of anilines is 2. The van der Waals surface area contributed by atoms with Crippen LogP contribution in [-0.2, 0) is 16.4 Å². The van der Waals surface area contributed by atoms with Crippen LogP contribution in [0.25, 0.3) is 0 Å². The highest BCUT2D eigenvalue weighted by Gasteiger charge is 2.27. The zero-order chi connectivity index (χ0) is 22.0. The third-order valence-corrected chi connectivity index (χ3v) is 8.00. The molecule has 31 heavy (non-hydrogen) atoms. The van der Waals surface area contributed by atoms with Gasteiger partial charge < -0.3 is 9.80 Å². The molecule has 0 unspecified atom stereocenters. The number of rotatable bonds is 4. The molecule has 7 nitrogen and oxygen atoms in total. The predicted octanol–water partition coefficient (Wildman–Crippen LogP) is 2.84. The normalized spacial score (nSPS) is 18.8. The molecule has 1 amide bonds. The third kappa shape index (κ3) is 4.54. The van der Waals surface area contributed by atoms with Crippen molar-refractivity contribution in [1.29, 1.82) is 0 Å². The van der Waals surface area contributed by atoms with Crippen LogP contribution in [-0.4, -0.2) is 62.7 Å². The summed E-state index contributed by atoms with van der Waals surface area (Å²) >= 11 is 0. The number of amides is 1. The predicted molar refractivity (Wildman–Crippen MR) is 123 cm³/mol.